The summed E-state index contributed by atoms with van der Waals surface area (Å²) < 4.78 is 40.9. The molecule has 0 bridgehead atoms. The van der Waals surface area contributed by atoms with E-state index in [0.717, 1.165) is 17.2 Å². The molecule has 0 atom stereocenters. The van der Waals surface area contributed by atoms with Crippen LogP contribution in [0.4, 0.5) is 13.2 Å². The maximum Gasteiger partial charge on any atom is 0.416 e. The Hall–Kier alpha value is -1.87. The zero-order chi connectivity index (χ0) is 17.3. The highest BCUT2D eigenvalue weighted by Crippen LogP contribution is 2.32. The Labute approximate surface area is 148 Å². The normalized spacial score (nSPS) is 11.7. The standard InChI is InChI=1S/C15H10BrF3N4S/c1-24-12-5-6-20-14(22-12)23-8-11(16)21-13(23)9-3-2-4-10(7-9)15(17,18)19/h2-8H,1H3. The minimum Gasteiger partial charge on any atom is -0.266 e. The molecule has 2 heterocycles. The number of imidazole rings is 1. The van der Waals surface area contributed by atoms with Crippen LogP contribution in [0.3, 0.4) is 0 Å². The first-order valence-corrected chi connectivity index (χ1v) is 8.70. The van der Waals surface area contributed by atoms with Crippen LogP contribution in [0.25, 0.3) is 17.3 Å². The molecule has 24 heavy (non-hydrogen) atoms. The van der Waals surface area contributed by atoms with Gasteiger partial charge in [0, 0.05) is 18.0 Å². The third-order valence-corrected chi connectivity index (χ3v) is 4.19. The minimum absolute atomic E-state index is 0.325. The highest BCUT2D eigenvalue weighted by Gasteiger charge is 2.30. The maximum atomic E-state index is 12.9. The number of thioether (sulfide) groups is 1. The number of hydrogen-bond donors (Lipinski definition) is 0. The Morgan fingerprint density at radius 3 is 2.67 bits per heavy atom. The molecule has 0 aliphatic rings. The number of nitrogens with zero attached hydrogens (tertiary/aromatic N) is 4. The van der Waals surface area contributed by atoms with Gasteiger partial charge < -0.3 is 0 Å². The van der Waals surface area contributed by atoms with Gasteiger partial charge in [0.25, 0.3) is 0 Å². The first kappa shape index (κ1) is 17.0. The molecule has 0 N–H and O–H groups in total. The molecule has 2 aromatic heterocycles. The minimum atomic E-state index is -4.42. The van der Waals surface area contributed by atoms with E-state index < -0.39 is 11.7 Å². The largest absolute Gasteiger partial charge is 0.416 e. The lowest BCUT2D eigenvalue weighted by Crippen LogP contribution is -2.06. The number of hydrogen-bond acceptors (Lipinski definition) is 4. The van der Waals surface area contributed by atoms with Crippen molar-refractivity contribution in [1.82, 2.24) is 19.5 Å². The molecule has 0 spiro atoms. The number of alkyl halides is 3. The topological polar surface area (TPSA) is 43.6 Å². The van der Waals surface area contributed by atoms with Gasteiger partial charge in [0.1, 0.15) is 15.5 Å². The van der Waals surface area contributed by atoms with Crippen molar-refractivity contribution in [2.24, 2.45) is 0 Å². The maximum absolute atomic E-state index is 12.9. The van der Waals surface area contributed by atoms with E-state index in [2.05, 4.69) is 30.9 Å². The monoisotopic (exact) mass is 414 g/mol. The van der Waals surface area contributed by atoms with Crippen molar-refractivity contribution < 1.29 is 13.2 Å². The zero-order valence-corrected chi connectivity index (χ0v) is 14.7. The van der Waals surface area contributed by atoms with Crippen molar-refractivity contribution >= 4 is 27.7 Å². The molecule has 0 amide bonds. The van der Waals surface area contributed by atoms with Crippen LogP contribution in [0.1, 0.15) is 5.56 Å². The lowest BCUT2D eigenvalue weighted by molar-refractivity contribution is -0.137. The highest BCUT2D eigenvalue weighted by molar-refractivity contribution is 9.10. The number of benzene rings is 1. The predicted octanol–water partition coefficient (Wildman–Crippen LogP) is 4.83. The van der Waals surface area contributed by atoms with Crippen molar-refractivity contribution in [2.45, 2.75) is 11.2 Å². The van der Waals surface area contributed by atoms with Crippen LogP contribution < -0.4 is 0 Å². The molecule has 0 aliphatic heterocycles. The van der Waals surface area contributed by atoms with Gasteiger partial charge in [0.15, 0.2) is 0 Å². The fraction of sp³-hybridized carbons (Fsp3) is 0.133. The van der Waals surface area contributed by atoms with E-state index in [4.69, 9.17) is 0 Å². The third-order valence-electron chi connectivity index (χ3n) is 3.17. The van der Waals surface area contributed by atoms with Crippen LogP contribution in [0, 0.1) is 0 Å². The molecule has 0 saturated heterocycles. The van der Waals surface area contributed by atoms with E-state index in [0.29, 0.717) is 21.9 Å². The number of rotatable bonds is 3. The van der Waals surface area contributed by atoms with E-state index >= 15 is 0 Å². The van der Waals surface area contributed by atoms with Gasteiger partial charge in [-0.2, -0.15) is 13.2 Å². The van der Waals surface area contributed by atoms with E-state index in [1.807, 2.05) is 6.26 Å². The molecule has 9 heteroatoms. The van der Waals surface area contributed by atoms with E-state index in [1.165, 1.54) is 17.8 Å². The first-order valence-electron chi connectivity index (χ1n) is 6.68. The van der Waals surface area contributed by atoms with Gasteiger partial charge in [-0.3, -0.25) is 4.57 Å². The van der Waals surface area contributed by atoms with E-state index in [9.17, 15) is 13.2 Å². The summed E-state index contributed by atoms with van der Waals surface area (Å²) >= 11 is 4.70. The SMILES string of the molecule is CSc1ccnc(-n2cc(Br)nc2-c2cccc(C(F)(F)F)c2)n1. The van der Waals surface area contributed by atoms with Crippen molar-refractivity contribution in [3.63, 3.8) is 0 Å². The Morgan fingerprint density at radius 2 is 1.96 bits per heavy atom. The van der Waals surface area contributed by atoms with Crippen LogP contribution in [-0.2, 0) is 6.18 Å². The van der Waals surface area contributed by atoms with Crippen molar-refractivity contribution in [1.29, 1.82) is 0 Å². The zero-order valence-electron chi connectivity index (χ0n) is 12.3. The van der Waals surface area contributed by atoms with Gasteiger partial charge in [-0.25, -0.2) is 15.0 Å². The van der Waals surface area contributed by atoms with Gasteiger partial charge >= 0.3 is 6.18 Å². The quantitative estimate of drug-likeness (QED) is 0.454. The second-order valence-corrected chi connectivity index (χ2v) is 6.37. The molecule has 4 nitrogen and oxygen atoms in total. The van der Waals surface area contributed by atoms with Gasteiger partial charge in [0.2, 0.25) is 5.95 Å². The molecule has 3 aromatic rings. The summed E-state index contributed by atoms with van der Waals surface area (Å²) in [5, 5.41) is 0.750. The fourth-order valence-corrected chi connectivity index (χ4v) is 2.85. The number of aromatic nitrogens is 4. The Kier molecular flexibility index (Phi) is 4.64. The Morgan fingerprint density at radius 1 is 1.17 bits per heavy atom. The van der Waals surface area contributed by atoms with Crippen molar-refractivity contribution in [2.75, 3.05) is 6.26 Å². The van der Waals surface area contributed by atoms with Crippen LogP contribution >= 0.6 is 27.7 Å². The van der Waals surface area contributed by atoms with Crippen molar-refractivity contribution in [3.8, 4) is 17.3 Å². The molecule has 124 valence electrons. The van der Waals surface area contributed by atoms with Gasteiger partial charge in [0.05, 0.1) is 5.56 Å². The molecule has 0 aliphatic carbocycles. The second kappa shape index (κ2) is 6.56. The Bertz CT molecular complexity index is 879. The smallest absolute Gasteiger partial charge is 0.266 e. The summed E-state index contributed by atoms with van der Waals surface area (Å²) in [6, 6.07) is 6.76. The summed E-state index contributed by atoms with van der Waals surface area (Å²) in [6.45, 7) is 0. The highest BCUT2D eigenvalue weighted by atomic mass is 79.9. The molecule has 0 radical (unpaired) electrons. The average molecular weight is 415 g/mol. The molecule has 1 aromatic carbocycles. The van der Waals surface area contributed by atoms with Crippen LogP contribution in [0.5, 0.6) is 0 Å². The summed E-state index contributed by atoms with van der Waals surface area (Å²) in [4.78, 5) is 12.8. The van der Waals surface area contributed by atoms with Crippen molar-refractivity contribution in [3.05, 3.63) is 52.9 Å². The molecular formula is C15H10BrF3N4S. The van der Waals surface area contributed by atoms with Gasteiger partial charge in [-0.15, -0.1) is 11.8 Å². The lowest BCUT2D eigenvalue weighted by Gasteiger charge is -2.10. The summed E-state index contributed by atoms with van der Waals surface area (Å²) in [5.41, 5.74) is -0.405. The fourth-order valence-electron chi connectivity index (χ4n) is 2.10. The summed E-state index contributed by atoms with van der Waals surface area (Å²) in [6.07, 6.45) is 0.677. The lowest BCUT2D eigenvalue weighted by atomic mass is 10.1. The third kappa shape index (κ3) is 3.46. The predicted molar refractivity (Wildman–Crippen MR) is 89.1 cm³/mol. The van der Waals surface area contributed by atoms with E-state index in [1.54, 1.807) is 29.1 Å². The molecule has 0 unspecified atom stereocenters. The molecule has 3 rings (SSSR count). The first-order chi connectivity index (χ1) is 11.4. The Balaban J connectivity index is 2.13. The van der Waals surface area contributed by atoms with E-state index in [-0.39, 0.29) is 0 Å². The van der Waals surface area contributed by atoms with Crippen LogP contribution in [0.15, 0.2) is 52.4 Å². The van der Waals surface area contributed by atoms with Crippen LogP contribution in [-0.4, -0.2) is 25.8 Å². The molecule has 0 fully saturated rings. The molecule has 0 saturated carbocycles. The van der Waals surface area contributed by atoms with Gasteiger partial charge in [-0.1, -0.05) is 12.1 Å². The second-order valence-electron chi connectivity index (χ2n) is 4.73. The average Bonchev–Trinajstić information content (AvgIpc) is 2.96. The van der Waals surface area contributed by atoms with Gasteiger partial charge in [-0.05, 0) is 40.4 Å². The molecular weight excluding hydrogens is 405 g/mol. The van der Waals surface area contributed by atoms with Crippen LogP contribution in [0.2, 0.25) is 0 Å². The summed E-state index contributed by atoms with van der Waals surface area (Å²) in [7, 11) is 0. The number of halogens is 4. The summed E-state index contributed by atoms with van der Waals surface area (Å²) in [5.74, 6) is 0.665.